The molecule has 19 heavy (non-hydrogen) atoms. The highest BCUT2D eigenvalue weighted by Crippen LogP contribution is 2.14. The molecule has 0 spiro atoms. The van der Waals surface area contributed by atoms with E-state index < -0.39 is 0 Å². The fraction of sp³-hybridized carbons (Fsp3) is 0.333. The van der Waals surface area contributed by atoms with Gasteiger partial charge in [-0.2, -0.15) is 0 Å². The van der Waals surface area contributed by atoms with Crippen molar-refractivity contribution in [2.75, 3.05) is 0 Å². The van der Waals surface area contributed by atoms with Crippen LogP contribution in [0.25, 0.3) is 0 Å². The summed E-state index contributed by atoms with van der Waals surface area (Å²) in [6.45, 7) is 5.58. The second-order valence-electron chi connectivity index (χ2n) is 4.62. The summed E-state index contributed by atoms with van der Waals surface area (Å²) < 4.78 is 5.67. The summed E-state index contributed by atoms with van der Waals surface area (Å²) >= 11 is 0. The molecule has 2 rings (SSSR count). The van der Waals surface area contributed by atoms with Gasteiger partial charge in [-0.05, 0) is 37.6 Å². The molecule has 0 aliphatic rings. The second kappa shape index (κ2) is 6.85. The van der Waals surface area contributed by atoms with Crippen molar-refractivity contribution >= 4 is 0 Å². The fourth-order valence-corrected chi connectivity index (χ4v) is 1.76. The van der Waals surface area contributed by atoms with E-state index in [-0.39, 0.29) is 6.10 Å². The third-order valence-corrected chi connectivity index (χ3v) is 2.55. The van der Waals surface area contributed by atoms with Gasteiger partial charge in [-0.25, -0.2) is 9.97 Å². The van der Waals surface area contributed by atoms with Crippen LogP contribution in [0.3, 0.4) is 0 Å². The van der Waals surface area contributed by atoms with Crippen LogP contribution >= 0.6 is 0 Å². The summed E-state index contributed by atoms with van der Waals surface area (Å²) in [6.07, 6.45) is 3.51. The lowest BCUT2D eigenvalue weighted by atomic mass is 10.2. The van der Waals surface area contributed by atoms with Gasteiger partial charge in [0.1, 0.15) is 12.1 Å². The van der Waals surface area contributed by atoms with Crippen LogP contribution < -0.4 is 10.1 Å². The van der Waals surface area contributed by atoms with E-state index in [9.17, 15) is 0 Å². The van der Waals surface area contributed by atoms with E-state index in [4.69, 9.17) is 4.74 Å². The molecule has 0 fully saturated rings. The molecular formula is C15H19N3O. The highest BCUT2D eigenvalue weighted by atomic mass is 16.5. The van der Waals surface area contributed by atoms with Crippen molar-refractivity contribution in [2.24, 2.45) is 0 Å². The molecule has 0 saturated heterocycles. The molecule has 4 heteroatoms. The molecule has 0 saturated carbocycles. The van der Waals surface area contributed by atoms with Gasteiger partial charge in [0.2, 0.25) is 0 Å². The molecular weight excluding hydrogens is 238 g/mol. The molecule has 4 nitrogen and oxygen atoms in total. The Kier molecular flexibility index (Phi) is 4.86. The van der Waals surface area contributed by atoms with Crippen LogP contribution in [0.5, 0.6) is 5.75 Å². The topological polar surface area (TPSA) is 47.0 Å². The monoisotopic (exact) mass is 257 g/mol. The number of ether oxygens (including phenoxy) is 1. The van der Waals surface area contributed by atoms with E-state index in [1.165, 1.54) is 5.56 Å². The van der Waals surface area contributed by atoms with Crippen LogP contribution in [-0.4, -0.2) is 16.1 Å². The highest BCUT2D eigenvalue weighted by molar-refractivity contribution is 5.28. The number of nitrogens with one attached hydrogen (secondary N) is 1. The number of hydrogen-bond donors (Lipinski definition) is 1. The molecule has 100 valence electrons. The molecule has 1 heterocycles. The minimum Gasteiger partial charge on any atom is -0.491 e. The second-order valence-corrected chi connectivity index (χ2v) is 4.62. The Morgan fingerprint density at radius 2 is 2.11 bits per heavy atom. The average Bonchev–Trinajstić information content (AvgIpc) is 2.40. The Morgan fingerprint density at radius 3 is 2.84 bits per heavy atom. The Labute approximate surface area is 113 Å². The quantitative estimate of drug-likeness (QED) is 0.864. The maximum atomic E-state index is 5.67. The summed E-state index contributed by atoms with van der Waals surface area (Å²) in [5, 5.41) is 3.35. The van der Waals surface area contributed by atoms with Crippen LogP contribution in [-0.2, 0) is 13.1 Å². The molecule has 1 N–H and O–H groups in total. The first-order valence-corrected chi connectivity index (χ1v) is 6.45. The lowest BCUT2D eigenvalue weighted by Gasteiger charge is -2.11. The van der Waals surface area contributed by atoms with E-state index in [0.29, 0.717) is 0 Å². The number of rotatable bonds is 6. The van der Waals surface area contributed by atoms with Gasteiger partial charge in [0.05, 0.1) is 11.8 Å². The molecule has 2 aromatic rings. The zero-order valence-corrected chi connectivity index (χ0v) is 11.3. The lowest BCUT2D eigenvalue weighted by molar-refractivity contribution is 0.242. The number of nitrogens with zero attached hydrogens (tertiary/aromatic N) is 2. The van der Waals surface area contributed by atoms with E-state index >= 15 is 0 Å². The van der Waals surface area contributed by atoms with Gasteiger partial charge in [0.15, 0.2) is 0 Å². The molecule has 0 atom stereocenters. The average molecular weight is 257 g/mol. The number of benzene rings is 1. The molecule has 0 radical (unpaired) electrons. The van der Waals surface area contributed by atoms with Crippen molar-refractivity contribution in [3.63, 3.8) is 0 Å². The highest BCUT2D eigenvalue weighted by Gasteiger charge is 2.00. The van der Waals surface area contributed by atoms with Crippen molar-refractivity contribution in [1.29, 1.82) is 0 Å². The fourth-order valence-electron chi connectivity index (χ4n) is 1.76. The van der Waals surface area contributed by atoms with Crippen molar-refractivity contribution < 1.29 is 4.74 Å². The van der Waals surface area contributed by atoms with E-state index in [1.807, 2.05) is 32.0 Å². The standard InChI is InChI=1S/C15H19N3O/c1-12(2)19-15-5-3-4-13(8-15)9-17-10-14-6-7-16-11-18-14/h3-8,11-12,17H,9-10H2,1-2H3. The van der Waals surface area contributed by atoms with Gasteiger partial charge in [0.25, 0.3) is 0 Å². The first-order chi connectivity index (χ1) is 9.24. The smallest absolute Gasteiger partial charge is 0.120 e. The van der Waals surface area contributed by atoms with Crippen LogP contribution in [0.2, 0.25) is 0 Å². The van der Waals surface area contributed by atoms with Crippen LogP contribution in [0, 0.1) is 0 Å². The van der Waals surface area contributed by atoms with E-state index in [2.05, 4.69) is 27.4 Å². The largest absolute Gasteiger partial charge is 0.491 e. The third kappa shape index (κ3) is 4.67. The van der Waals surface area contributed by atoms with Crippen molar-refractivity contribution in [3.8, 4) is 5.75 Å². The Morgan fingerprint density at radius 1 is 1.21 bits per heavy atom. The van der Waals surface area contributed by atoms with Gasteiger partial charge in [-0.3, -0.25) is 0 Å². The van der Waals surface area contributed by atoms with Crippen LogP contribution in [0.1, 0.15) is 25.1 Å². The molecule has 1 aromatic carbocycles. The zero-order valence-electron chi connectivity index (χ0n) is 11.3. The zero-order chi connectivity index (χ0) is 13.5. The number of hydrogen-bond acceptors (Lipinski definition) is 4. The van der Waals surface area contributed by atoms with Gasteiger partial charge in [0, 0.05) is 19.3 Å². The predicted molar refractivity (Wildman–Crippen MR) is 74.8 cm³/mol. The van der Waals surface area contributed by atoms with Crippen molar-refractivity contribution in [3.05, 3.63) is 54.1 Å². The molecule has 0 unspecified atom stereocenters. The number of aromatic nitrogens is 2. The van der Waals surface area contributed by atoms with Gasteiger partial charge < -0.3 is 10.1 Å². The molecule has 0 aliphatic carbocycles. The predicted octanol–water partition coefficient (Wildman–Crippen LogP) is 2.55. The Balaban J connectivity index is 1.86. The van der Waals surface area contributed by atoms with Gasteiger partial charge >= 0.3 is 0 Å². The van der Waals surface area contributed by atoms with Crippen LogP contribution in [0.15, 0.2) is 42.9 Å². The summed E-state index contributed by atoms with van der Waals surface area (Å²) in [7, 11) is 0. The van der Waals surface area contributed by atoms with E-state index in [1.54, 1.807) is 12.5 Å². The minimum absolute atomic E-state index is 0.198. The van der Waals surface area contributed by atoms with Crippen molar-refractivity contribution in [2.45, 2.75) is 33.0 Å². The third-order valence-electron chi connectivity index (χ3n) is 2.55. The van der Waals surface area contributed by atoms with Crippen molar-refractivity contribution in [1.82, 2.24) is 15.3 Å². The first kappa shape index (κ1) is 13.5. The van der Waals surface area contributed by atoms with Gasteiger partial charge in [-0.15, -0.1) is 0 Å². The lowest BCUT2D eigenvalue weighted by Crippen LogP contribution is -2.14. The molecule has 1 aromatic heterocycles. The summed E-state index contributed by atoms with van der Waals surface area (Å²) in [5.41, 5.74) is 2.19. The summed E-state index contributed by atoms with van der Waals surface area (Å²) in [6, 6.07) is 10.0. The normalized spacial score (nSPS) is 10.7. The molecule has 0 bridgehead atoms. The maximum absolute atomic E-state index is 5.67. The SMILES string of the molecule is CC(C)Oc1cccc(CNCc2ccncn2)c1. The summed E-state index contributed by atoms with van der Waals surface area (Å²) in [4.78, 5) is 8.06. The Bertz CT molecular complexity index is 500. The maximum Gasteiger partial charge on any atom is 0.120 e. The van der Waals surface area contributed by atoms with Gasteiger partial charge in [-0.1, -0.05) is 12.1 Å². The molecule has 0 amide bonds. The Hall–Kier alpha value is -1.94. The molecule has 0 aliphatic heterocycles. The first-order valence-electron chi connectivity index (χ1n) is 6.45. The minimum atomic E-state index is 0.198. The summed E-state index contributed by atoms with van der Waals surface area (Å²) in [5.74, 6) is 0.913. The van der Waals surface area contributed by atoms with Crippen LogP contribution in [0.4, 0.5) is 0 Å². The van der Waals surface area contributed by atoms with E-state index in [0.717, 1.165) is 24.5 Å².